The molecule has 0 aromatic carbocycles. The molecule has 1 atom stereocenters. The van der Waals surface area contributed by atoms with Gasteiger partial charge in [0.1, 0.15) is 0 Å². The first-order valence-electron chi connectivity index (χ1n) is 3.89. The van der Waals surface area contributed by atoms with Gasteiger partial charge in [-0.1, -0.05) is 0 Å². The van der Waals surface area contributed by atoms with Crippen LogP contribution in [0.3, 0.4) is 0 Å². The van der Waals surface area contributed by atoms with Gasteiger partial charge < -0.3 is 5.73 Å². The van der Waals surface area contributed by atoms with E-state index >= 15 is 0 Å². The molecule has 1 aromatic heterocycles. The summed E-state index contributed by atoms with van der Waals surface area (Å²) in [6.07, 6.45) is 4.10. The van der Waals surface area contributed by atoms with Gasteiger partial charge in [0.15, 0.2) is 0 Å². The van der Waals surface area contributed by atoms with Crippen molar-refractivity contribution in [2.75, 3.05) is 0 Å². The molecule has 0 aliphatic carbocycles. The highest BCUT2D eigenvalue weighted by Gasteiger charge is 2.01. The van der Waals surface area contributed by atoms with Gasteiger partial charge in [-0.15, -0.1) is 0 Å². The van der Waals surface area contributed by atoms with Gasteiger partial charge in [-0.05, 0) is 6.92 Å². The van der Waals surface area contributed by atoms with Crippen LogP contribution in [-0.4, -0.2) is 9.78 Å². The zero-order chi connectivity index (χ0) is 8.97. The third kappa shape index (κ3) is 2.07. The lowest BCUT2D eigenvalue weighted by Crippen LogP contribution is -2.03. The number of hydrogen-bond donors (Lipinski definition) is 1. The Morgan fingerprint density at radius 3 is 3.08 bits per heavy atom. The Labute approximate surface area is 71.6 Å². The minimum Gasteiger partial charge on any atom is -0.324 e. The lowest BCUT2D eigenvalue weighted by Gasteiger charge is -1.98. The Morgan fingerprint density at radius 2 is 2.58 bits per heavy atom. The molecule has 1 rings (SSSR count). The lowest BCUT2D eigenvalue weighted by atomic mass is 10.2. The summed E-state index contributed by atoms with van der Waals surface area (Å²) in [5.74, 6) is 0. The third-order valence-corrected chi connectivity index (χ3v) is 1.63. The summed E-state index contributed by atoms with van der Waals surface area (Å²) in [5, 5.41) is 12.4. The minimum absolute atomic E-state index is 0.0147. The molecular weight excluding hydrogens is 152 g/mol. The van der Waals surface area contributed by atoms with Crippen molar-refractivity contribution < 1.29 is 0 Å². The Morgan fingerprint density at radius 1 is 1.83 bits per heavy atom. The molecule has 0 aliphatic rings. The standard InChI is InChI=1S/C8H12N4/c1-7(10)8-5-11-12(6-8)4-2-3-9/h5-7H,2,4,10H2,1H3/t7-/m0/s1. The van der Waals surface area contributed by atoms with E-state index in [1.165, 1.54) is 0 Å². The molecule has 0 bridgehead atoms. The number of aromatic nitrogens is 2. The van der Waals surface area contributed by atoms with E-state index in [2.05, 4.69) is 11.2 Å². The normalized spacial score (nSPS) is 12.4. The van der Waals surface area contributed by atoms with E-state index in [-0.39, 0.29) is 6.04 Å². The predicted molar refractivity (Wildman–Crippen MR) is 45.1 cm³/mol. The van der Waals surface area contributed by atoms with Gasteiger partial charge in [-0.25, -0.2) is 0 Å². The van der Waals surface area contributed by atoms with E-state index in [0.29, 0.717) is 13.0 Å². The van der Waals surface area contributed by atoms with Crippen LogP contribution in [0.4, 0.5) is 0 Å². The molecule has 0 saturated carbocycles. The second kappa shape index (κ2) is 3.88. The largest absolute Gasteiger partial charge is 0.324 e. The van der Waals surface area contributed by atoms with E-state index in [1.54, 1.807) is 10.9 Å². The highest BCUT2D eigenvalue weighted by Crippen LogP contribution is 2.06. The molecule has 1 aromatic rings. The molecule has 1 heterocycles. The average molecular weight is 164 g/mol. The average Bonchev–Trinajstić information content (AvgIpc) is 2.48. The van der Waals surface area contributed by atoms with Gasteiger partial charge in [0.05, 0.1) is 25.2 Å². The summed E-state index contributed by atoms with van der Waals surface area (Å²) in [4.78, 5) is 0. The van der Waals surface area contributed by atoms with Crippen LogP contribution in [-0.2, 0) is 6.54 Å². The first kappa shape index (κ1) is 8.75. The van der Waals surface area contributed by atoms with Gasteiger partial charge in [-0.2, -0.15) is 10.4 Å². The topological polar surface area (TPSA) is 67.6 Å². The minimum atomic E-state index is 0.0147. The maximum absolute atomic E-state index is 8.33. The molecule has 2 N–H and O–H groups in total. The fraction of sp³-hybridized carbons (Fsp3) is 0.500. The molecule has 0 spiro atoms. The number of rotatable bonds is 3. The summed E-state index contributed by atoms with van der Waals surface area (Å²) >= 11 is 0. The van der Waals surface area contributed by atoms with Crippen molar-refractivity contribution in [3.63, 3.8) is 0 Å². The molecule has 0 amide bonds. The van der Waals surface area contributed by atoms with Crippen LogP contribution in [0.15, 0.2) is 12.4 Å². The van der Waals surface area contributed by atoms with E-state index in [4.69, 9.17) is 11.0 Å². The van der Waals surface area contributed by atoms with Crippen LogP contribution in [0.5, 0.6) is 0 Å². The molecule has 0 fully saturated rings. The highest BCUT2D eigenvalue weighted by molar-refractivity contribution is 5.08. The van der Waals surface area contributed by atoms with Crippen molar-refractivity contribution in [1.82, 2.24) is 9.78 Å². The van der Waals surface area contributed by atoms with E-state index in [9.17, 15) is 0 Å². The third-order valence-electron chi connectivity index (χ3n) is 1.63. The van der Waals surface area contributed by atoms with E-state index in [0.717, 1.165) is 5.56 Å². The van der Waals surface area contributed by atoms with Crippen molar-refractivity contribution in [3.8, 4) is 6.07 Å². The summed E-state index contributed by atoms with van der Waals surface area (Å²) in [5.41, 5.74) is 6.64. The van der Waals surface area contributed by atoms with Gasteiger partial charge >= 0.3 is 0 Å². The predicted octanol–water partition coefficient (Wildman–Crippen LogP) is 0.816. The Bertz CT molecular complexity index is 281. The quantitative estimate of drug-likeness (QED) is 0.719. The van der Waals surface area contributed by atoms with Crippen LogP contribution >= 0.6 is 0 Å². The Hall–Kier alpha value is -1.34. The molecule has 0 saturated heterocycles. The molecule has 4 heteroatoms. The van der Waals surface area contributed by atoms with Gasteiger partial charge in [0.25, 0.3) is 0 Å². The zero-order valence-electron chi connectivity index (χ0n) is 7.07. The van der Waals surface area contributed by atoms with Crippen molar-refractivity contribution in [2.24, 2.45) is 5.73 Å². The summed E-state index contributed by atoms with van der Waals surface area (Å²) in [6, 6.07) is 2.08. The van der Waals surface area contributed by atoms with E-state index < -0.39 is 0 Å². The molecule has 0 radical (unpaired) electrons. The van der Waals surface area contributed by atoms with Crippen LogP contribution in [0.1, 0.15) is 24.9 Å². The molecule has 0 unspecified atom stereocenters. The number of nitrogens with zero attached hydrogens (tertiary/aromatic N) is 3. The smallest absolute Gasteiger partial charge is 0.0641 e. The molecular formula is C8H12N4. The monoisotopic (exact) mass is 164 g/mol. The number of nitrogens with two attached hydrogens (primary N) is 1. The van der Waals surface area contributed by atoms with Crippen LogP contribution in [0.25, 0.3) is 0 Å². The fourth-order valence-corrected chi connectivity index (χ4v) is 0.902. The summed E-state index contributed by atoms with van der Waals surface area (Å²) in [7, 11) is 0. The fourth-order valence-electron chi connectivity index (χ4n) is 0.902. The number of hydrogen-bond acceptors (Lipinski definition) is 3. The van der Waals surface area contributed by atoms with Gasteiger partial charge in [0, 0.05) is 17.8 Å². The van der Waals surface area contributed by atoms with Crippen molar-refractivity contribution in [2.45, 2.75) is 25.9 Å². The Kier molecular flexibility index (Phi) is 2.83. The number of aryl methyl sites for hydroxylation is 1. The van der Waals surface area contributed by atoms with Crippen LogP contribution in [0, 0.1) is 11.3 Å². The first-order chi connectivity index (χ1) is 5.74. The van der Waals surface area contributed by atoms with Crippen LogP contribution < -0.4 is 5.73 Å². The van der Waals surface area contributed by atoms with Crippen LogP contribution in [0.2, 0.25) is 0 Å². The lowest BCUT2D eigenvalue weighted by molar-refractivity contribution is 0.626. The van der Waals surface area contributed by atoms with Gasteiger partial charge in [-0.3, -0.25) is 4.68 Å². The SMILES string of the molecule is C[C@H](N)c1cnn(CCC#N)c1. The van der Waals surface area contributed by atoms with Crippen molar-refractivity contribution in [1.29, 1.82) is 5.26 Å². The van der Waals surface area contributed by atoms with Crippen molar-refractivity contribution in [3.05, 3.63) is 18.0 Å². The molecule has 64 valence electrons. The molecule has 12 heavy (non-hydrogen) atoms. The first-order valence-corrected chi connectivity index (χ1v) is 3.89. The number of nitriles is 1. The Balaban J connectivity index is 2.59. The maximum Gasteiger partial charge on any atom is 0.0641 e. The second-order valence-electron chi connectivity index (χ2n) is 2.73. The molecule has 4 nitrogen and oxygen atoms in total. The highest BCUT2D eigenvalue weighted by atomic mass is 15.3. The molecule has 0 aliphatic heterocycles. The van der Waals surface area contributed by atoms with E-state index in [1.807, 2.05) is 13.1 Å². The maximum atomic E-state index is 8.33. The second-order valence-corrected chi connectivity index (χ2v) is 2.73. The van der Waals surface area contributed by atoms with Crippen molar-refractivity contribution >= 4 is 0 Å². The summed E-state index contributed by atoms with van der Waals surface area (Å²) in [6.45, 7) is 2.55. The summed E-state index contributed by atoms with van der Waals surface area (Å²) < 4.78 is 1.74. The van der Waals surface area contributed by atoms with Gasteiger partial charge in [0.2, 0.25) is 0 Å². The zero-order valence-corrected chi connectivity index (χ0v) is 7.07.